The van der Waals surface area contributed by atoms with Crippen molar-refractivity contribution in [3.05, 3.63) is 35.9 Å². The molecule has 0 unspecified atom stereocenters. The number of benzene rings is 1. The van der Waals surface area contributed by atoms with E-state index in [0.717, 1.165) is 18.4 Å². The Labute approximate surface area is 130 Å². The van der Waals surface area contributed by atoms with E-state index in [2.05, 4.69) is 5.32 Å². The highest BCUT2D eigenvalue weighted by Crippen LogP contribution is 2.21. The van der Waals surface area contributed by atoms with Crippen LogP contribution in [0.25, 0.3) is 0 Å². The minimum absolute atomic E-state index is 0.111. The minimum atomic E-state index is -1.00. The summed E-state index contributed by atoms with van der Waals surface area (Å²) < 4.78 is 5.80. The molecule has 2 rings (SSSR count). The Balaban J connectivity index is 1.85. The summed E-state index contributed by atoms with van der Waals surface area (Å²) in [4.78, 5) is 21.3. The largest absolute Gasteiger partial charge is 0.465 e. The molecule has 2 N–H and O–H groups in total. The van der Waals surface area contributed by atoms with Gasteiger partial charge in [-0.3, -0.25) is 0 Å². The molecule has 0 radical (unpaired) electrons. The molecule has 0 aliphatic carbocycles. The first-order chi connectivity index (χ1) is 10.6. The first-order valence-electron chi connectivity index (χ1n) is 7.58. The van der Waals surface area contributed by atoms with Crippen LogP contribution in [0.4, 0.5) is 4.79 Å². The number of rotatable bonds is 4. The van der Waals surface area contributed by atoms with Gasteiger partial charge in [-0.05, 0) is 24.8 Å². The van der Waals surface area contributed by atoms with E-state index in [1.54, 1.807) is 0 Å². The van der Waals surface area contributed by atoms with Gasteiger partial charge in [0.1, 0.15) is 0 Å². The third-order valence-corrected chi connectivity index (χ3v) is 3.73. The van der Waals surface area contributed by atoms with Gasteiger partial charge in [-0.25, -0.2) is 14.6 Å². The van der Waals surface area contributed by atoms with Gasteiger partial charge in [0, 0.05) is 12.0 Å². The molecular formula is C16H23NO5. The van der Waals surface area contributed by atoms with Crippen molar-refractivity contribution in [3.8, 4) is 0 Å². The van der Waals surface area contributed by atoms with E-state index in [0.29, 0.717) is 19.6 Å². The number of ether oxygens (including phenoxy) is 1. The maximum atomic E-state index is 10.7. The van der Waals surface area contributed by atoms with Crippen molar-refractivity contribution in [1.82, 2.24) is 5.32 Å². The van der Waals surface area contributed by atoms with Gasteiger partial charge in [-0.2, -0.15) is 0 Å². The summed E-state index contributed by atoms with van der Waals surface area (Å²) in [7, 11) is 0. The van der Waals surface area contributed by atoms with E-state index >= 15 is 0 Å². The van der Waals surface area contributed by atoms with Crippen LogP contribution in [0.3, 0.4) is 0 Å². The molecular weight excluding hydrogens is 286 g/mol. The first-order valence-corrected chi connectivity index (χ1v) is 7.58. The summed E-state index contributed by atoms with van der Waals surface area (Å²) in [6, 6.07) is 9.76. The van der Waals surface area contributed by atoms with Gasteiger partial charge in [-0.1, -0.05) is 37.3 Å². The van der Waals surface area contributed by atoms with Gasteiger partial charge in [0.25, 0.3) is 0 Å². The van der Waals surface area contributed by atoms with E-state index in [1.807, 2.05) is 37.3 Å². The van der Waals surface area contributed by atoms with Crippen molar-refractivity contribution >= 4 is 6.09 Å². The van der Waals surface area contributed by atoms with Crippen LogP contribution in [-0.2, 0) is 21.1 Å². The molecule has 3 atom stereocenters. The normalized spacial score (nSPS) is 26.5. The van der Waals surface area contributed by atoms with Crippen LogP contribution >= 0.6 is 0 Å². The SMILES string of the molecule is C[C@H]1CC[C@H](NC(=O)O)CCOO[C@H]1OCc1ccccc1. The summed E-state index contributed by atoms with van der Waals surface area (Å²) in [5.41, 5.74) is 1.07. The molecule has 0 aromatic heterocycles. The molecule has 22 heavy (non-hydrogen) atoms. The lowest BCUT2D eigenvalue weighted by atomic mass is 9.99. The number of amides is 1. The van der Waals surface area contributed by atoms with Gasteiger partial charge in [-0.15, -0.1) is 0 Å². The molecule has 122 valence electrons. The molecule has 1 aromatic rings. The molecule has 1 heterocycles. The van der Waals surface area contributed by atoms with Crippen LogP contribution in [0.15, 0.2) is 30.3 Å². The molecule has 1 saturated heterocycles. The van der Waals surface area contributed by atoms with Gasteiger partial charge >= 0.3 is 6.09 Å². The molecule has 1 aliphatic rings. The zero-order chi connectivity index (χ0) is 15.8. The topological polar surface area (TPSA) is 77.0 Å². The Morgan fingerprint density at radius 3 is 2.82 bits per heavy atom. The molecule has 1 amide bonds. The second-order valence-corrected chi connectivity index (χ2v) is 5.57. The van der Waals surface area contributed by atoms with Crippen molar-refractivity contribution in [3.63, 3.8) is 0 Å². The van der Waals surface area contributed by atoms with Crippen LogP contribution < -0.4 is 5.32 Å². The van der Waals surface area contributed by atoms with Gasteiger partial charge in [0.2, 0.25) is 0 Å². The van der Waals surface area contributed by atoms with Crippen molar-refractivity contribution in [2.24, 2.45) is 5.92 Å². The van der Waals surface area contributed by atoms with E-state index < -0.39 is 12.4 Å². The Morgan fingerprint density at radius 1 is 1.32 bits per heavy atom. The summed E-state index contributed by atoms with van der Waals surface area (Å²) in [5.74, 6) is 0.111. The monoisotopic (exact) mass is 309 g/mol. The standard InChI is InChI=1S/C16H23NO5/c1-12-7-8-14(17-16(18)19)9-10-21-22-15(12)20-11-13-5-3-2-4-6-13/h2-6,12,14-15,17H,7-11H2,1H3,(H,18,19)/t12-,14-,15+/m0/s1. The first kappa shape index (κ1) is 16.7. The maximum absolute atomic E-state index is 10.7. The van der Waals surface area contributed by atoms with E-state index in [9.17, 15) is 4.79 Å². The van der Waals surface area contributed by atoms with Crippen LogP contribution in [0.5, 0.6) is 0 Å². The highest BCUT2D eigenvalue weighted by molar-refractivity contribution is 5.64. The number of carbonyl (C=O) groups is 1. The molecule has 1 aliphatic heterocycles. The lowest BCUT2D eigenvalue weighted by Crippen LogP contribution is -2.34. The van der Waals surface area contributed by atoms with Crippen LogP contribution in [-0.4, -0.2) is 30.1 Å². The third-order valence-electron chi connectivity index (χ3n) is 3.73. The number of hydrogen-bond donors (Lipinski definition) is 2. The Bertz CT molecular complexity index is 453. The summed E-state index contributed by atoms with van der Waals surface area (Å²) >= 11 is 0. The summed E-state index contributed by atoms with van der Waals surface area (Å²) in [5, 5.41) is 11.3. The Kier molecular flexibility index (Phi) is 6.64. The molecule has 1 fully saturated rings. The van der Waals surface area contributed by atoms with Crippen molar-refractivity contribution in [1.29, 1.82) is 0 Å². The highest BCUT2D eigenvalue weighted by atomic mass is 17.2. The molecule has 6 nitrogen and oxygen atoms in total. The highest BCUT2D eigenvalue weighted by Gasteiger charge is 2.24. The van der Waals surface area contributed by atoms with Gasteiger partial charge in [0.15, 0.2) is 6.29 Å². The molecule has 1 aromatic carbocycles. The number of carboxylic acid groups (broad SMARTS) is 1. The average Bonchev–Trinajstić information content (AvgIpc) is 2.58. The quantitative estimate of drug-likeness (QED) is 0.836. The van der Waals surface area contributed by atoms with Gasteiger partial charge < -0.3 is 15.2 Å². The third kappa shape index (κ3) is 5.63. The second-order valence-electron chi connectivity index (χ2n) is 5.57. The fourth-order valence-corrected chi connectivity index (χ4v) is 2.41. The maximum Gasteiger partial charge on any atom is 0.404 e. The second kappa shape index (κ2) is 8.73. The average molecular weight is 309 g/mol. The number of hydrogen-bond acceptors (Lipinski definition) is 4. The Morgan fingerprint density at radius 2 is 2.09 bits per heavy atom. The molecule has 0 spiro atoms. The molecule has 0 saturated carbocycles. The lowest BCUT2D eigenvalue weighted by molar-refractivity contribution is -0.390. The fraction of sp³-hybridized carbons (Fsp3) is 0.562. The summed E-state index contributed by atoms with van der Waals surface area (Å²) in [6.45, 7) is 2.81. The fourth-order valence-electron chi connectivity index (χ4n) is 2.41. The lowest BCUT2D eigenvalue weighted by Gasteiger charge is -2.22. The van der Waals surface area contributed by atoms with Crippen molar-refractivity contribution in [2.45, 2.75) is 45.1 Å². The van der Waals surface area contributed by atoms with E-state index in [-0.39, 0.29) is 12.0 Å². The predicted molar refractivity (Wildman–Crippen MR) is 80.0 cm³/mol. The summed E-state index contributed by atoms with van der Waals surface area (Å²) in [6.07, 6.45) is 0.669. The smallest absolute Gasteiger partial charge is 0.404 e. The van der Waals surface area contributed by atoms with Crippen LogP contribution in [0, 0.1) is 5.92 Å². The number of nitrogens with one attached hydrogen (secondary N) is 1. The van der Waals surface area contributed by atoms with Crippen molar-refractivity contribution < 1.29 is 24.4 Å². The Hall–Kier alpha value is -1.63. The molecule has 0 bridgehead atoms. The minimum Gasteiger partial charge on any atom is -0.465 e. The van der Waals surface area contributed by atoms with Crippen molar-refractivity contribution in [2.75, 3.05) is 6.61 Å². The van der Waals surface area contributed by atoms with Gasteiger partial charge in [0.05, 0.1) is 13.2 Å². The van der Waals surface area contributed by atoms with E-state index in [1.165, 1.54) is 0 Å². The van der Waals surface area contributed by atoms with E-state index in [4.69, 9.17) is 19.6 Å². The zero-order valence-electron chi connectivity index (χ0n) is 12.7. The van der Waals surface area contributed by atoms with Crippen LogP contribution in [0.2, 0.25) is 0 Å². The van der Waals surface area contributed by atoms with Crippen LogP contribution in [0.1, 0.15) is 31.7 Å². The zero-order valence-corrected chi connectivity index (χ0v) is 12.7. The molecule has 6 heteroatoms. The predicted octanol–water partition coefficient (Wildman–Crippen LogP) is 2.93.